The molecule has 0 spiro atoms. The summed E-state index contributed by atoms with van der Waals surface area (Å²) in [7, 11) is 0. The Bertz CT molecular complexity index is 4380. The van der Waals surface area contributed by atoms with E-state index in [2.05, 4.69) is 300 Å². The Morgan fingerprint density at radius 3 is 0.895 bits per heavy atom. The van der Waals surface area contributed by atoms with Gasteiger partial charge in [-0.05, 0) is 149 Å². The van der Waals surface area contributed by atoms with Gasteiger partial charge in [-0.1, -0.05) is 231 Å². The lowest BCUT2D eigenvalue weighted by Crippen LogP contribution is -1.96. The highest BCUT2D eigenvalue weighted by Gasteiger charge is 2.23. The molecule has 2 nitrogen and oxygen atoms in total. The van der Waals surface area contributed by atoms with Gasteiger partial charge in [0.05, 0.1) is 22.1 Å². The predicted octanol–water partition coefficient (Wildman–Crippen LogP) is 20.2. The van der Waals surface area contributed by atoms with Crippen LogP contribution in [-0.2, 0) is 0 Å². The fourth-order valence-electron chi connectivity index (χ4n) is 12.3. The summed E-state index contributed by atoms with van der Waals surface area (Å²) in [5.74, 6) is 0. The van der Waals surface area contributed by atoms with Crippen molar-refractivity contribution in [1.29, 1.82) is 0 Å². The minimum atomic E-state index is 1.13. The third-order valence-electron chi connectivity index (χ3n) is 15.7. The molecule has 0 aliphatic rings. The van der Waals surface area contributed by atoms with E-state index in [0.29, 0.717) is 0 Å². The second-order valence-corrected chi connectivity index (χ2v) is 19.9. The van der Waals surface area contributed by atoms with E-state index in [1.807, 2.05) is 0 Å². The number of rotatable bonds is 8. The minimum Gasteiger partial charge on any atom is -0.309 e. The molecule has 354 valence electrons. The van der Waals surface area contributed by atoms with Crippen molar-refractivity contribution in [3.05, 3.63) is 291 Å². The molecule has 13 aromatic carbocycles. The molecule has 0 bridgehead atoms. The van der Waals surface area contributed by atoms with Gasteiger partial charge in [-0.15, -0.1) is 0 Å². The number of nitrogens with zero attached hydrogens (tertiary/aromatic N) is 2. The highest BCUT2D eigenvalue weighted by molar-refractivity contribution is 6.27. The zero-order valence-corrected chi connectivity index (χ0v) is 41.6. The maximum Gasteiger partial charge on any atom is 0.0541 e. The lowest BCUT2D eigenvalue weighted by Gasteiger charge is -2.22. The molecular formula is C74H48N2. The minimum absolute atomic E-state index is 1.13. The highest BCUT2D eigenvalue weighted by atomic mass is 15.0. The van der Waals surface area contributed by atoms with Gasteiger partial charge in [-0.2, -0.15) is 0 Å². The first kappa shape index (κ1) is 43.6. The second-order valence-electron chi connectivity index (χ2n) is 19.9. The molecule has 0 saturated carbocycles. The molecule has 0 fully saturated rings. The Morgan fingerprint density at radius 2 is 0.500 bits per heavy atom. The number of aromatic nitrogens is 2. The molecule has 2 heterocycles. The summed E-state index contributed by atoms with van der Waals surface area (Å²) in [5.41, 5.74) is 21.5. The van der Waals surface area contributed by atoms with Crippen molar-refractivity contribution in [2.75, 3.05) is 0 Å². The third-order valence-corrected chi connectivity index (χ3v) is 15.7. The van der Waals surface area contributed by atoms with E-state index in [1.165, 1.54) is 132 Å². The summed E-state index contributed by atoms with van der Waals surface area (Å²) in [6, 6.07) is 107. The first-order valence-electron chi connectivity index (χ1n) is 26.2. The van der Waals surface area contributed by atoms with Crippen molar-refractivity contribution in [3.8, 4) is 78.1 Å². The Balaban J connectivity index is 0.906. The summed E-state index contributed by atoms with van der Waals surface area (Å²) in [6.45, 7) is 0. The van der Waals surface area contributed by atoms with Crippen LogP contribution >= 0.6 is 0 Å². The first-order valence-corrected chi connectivity index (χ1v) is 26.2. The number of hydrogen-bond acceptors (Lipinski definition) is 0. The van der Waals surface area contributed by atoms with Crippen LogP contribution in [0.5, 0.6) is 0 Å². The Morgan fingerprint density at radius 1 is 0.184 bits per heavy atom. The zero-order valence-electron chi connectivity index (χ0n) is 41.6. The topological polar surface area (TPSA) is 9.86 Å². The van der Waals surface area contributed by atoms with Gasteiger partial charge in [0.1, 0.15) is 0 Å². The van der Waals surface area contributed by atoms with Gasteiger partial charge in [0.25, 0.3) is 0 Å². The van der Waals surface area contributed by atoms with Crippen LogP contribution < -0.4 is 0 Å². The quantitative estimate of drug-likeness (QED) is 0.134. The molecule has 2 heteroatoms. The van der Waals surface area contributed by atoms with Crippen molar-refractivity contribution in [2.24, 2.45) is 0 Å². The summed E-state index contributed by atoms with van der Waals surface area (Å²) in [5, 5.41) is 9.92. The van der Waals surface area contributed by atoms with E-state index in [-0.39, 0.29) is 0 Å². The number of para-hydroxylation sites is 2. The SMILES string of the molecule is c1ccc(-c2ccc3c(c2)c2ccccc2n3-c2ccc(-c3cccc4c(-c5ccccc5)c5c(-c6ccc(-n7c8ccccc8c8cc(-c9ccccc9)ccc87)cc6)cccc5c(-c5ccccc5)c34)cc2)cc1. The number of benzene rings is 13. The molecule has 0 saturated heterocycles. The average molecular weight is 965 g/mol. The number of fused-ring (bicyclic) bond motifs is 8. The molecular weight excluding hydrogens is 917 g/mol. The normalized spacial score (nSPS) is 11.7. The largest absolute Gasteiger partial charge is 0.309 e. The third kappa shape index (κ3) is 7.03. The fraction of sp³-hybridized carbons (Fsp3) is 0. The summed E-state index contributed by atoms with van der Waals surface area (Å²) in [4.78, 5) is 0. The van der Waals surface area contributed by atoms with Crippen molar-refractivity contribution >= 4 is 65.2 Å². The van der Waals surface area contributed by atoms with Crippen molar-refractivity contribution in [2.45, 2.75) is 0 Å². The summed E-state index contributed by atoms with van der Waals surface area (Å²) < 4.78 is 4.84. The van der Waals surface area contributed by atoms with Crippen LogP contribution in [0.3, 0.4) is 0 Å². The molecule has 76 heavy (non-hydrogen) atoms. The Labute approximate surface area is 441 Å². The van der Waals surface area contributed by atoms with Gasteiger partial charge < -0.3 is 9.13 Å². The van der Waals surface area contributed by atoms with Crippen molar-refractivity contribution in [1.82, 2.24) is 9.13 Å². The molecule has 0 N–H and O–H groups in total. The summed E-state index contributed by atoms with van der Waals surface area (Å²) >= 11 is 0. The molecule has 0 atom stereocenters. The Kier molecular flexibility index (Phi) is 10.2. The predicted molar refractivity (Wildman–Crippen MR) is 323 cm³/mol. The maximum absolute atomic E-state index is 2.42. The molecule has 0 aliphatic heterocycles. The van der Waals surface area contributed by atoms with Crippen LogP contribution in [-0.4, -0.2) is 9.13 Å². The standard InChI is InChI=1S/C74H48N2/c1-5-19-49(20-6-1)55-39-45-69-65(47-55)61-27-13-15-33-67(61)75(69)57-41-35-51(36-42-57)59-29-17-31-63-72(54-25-11-4-12-26-54)74-60(30-18-32-64(74)71(73(59)63)53-23-9-3-10-24-53)52-37-43-58(44-38-52)76-68-34-16-14-28-62(68)66-48-56(40-46-70(66)76)50-21-7-2-8-22-50/h1-48H. The fourth-order valence-corrected chi connectivity index (χ4v) is 12.3. The van der Waals surface area contributed by atoms with E-state index in [1.54, 1.807) is 0 Å². The molecule has 15 rings (SSSR count). The number of hydrogen-bond donors (Lipinski definition) is 0. The van der Waals surface area contributed by atoms with Crippen LogP contribution in [0.1, 0.15) is 0 Å². The van der Waals surface area contributed by atoms with Crippen LogP contribution in [0.15, 0.2) is 291 Å². The Hall–Kier alpha value is -10.0. The van der Waals surface area contributed by atoms with Crippen molar-refractivity contribution < 1.29 is 0 Å². The van der Waals surface area contributed by atoms with E-state index >= 15 is 0 Å². The van der Waals surface area contributed by atoms with Gasteiger partial charge in [0.2, 0.25) is 0 Å². The van der Waals surface area contributed by atoms with E-state index in [9.17, 15) is 0 Å². The molecule has 0 unspecified atom stereocenters. The van der Waals surface area contributed by atoms with Gasteiger partial charge in [-0.25, -0.2) is 0 Å². The monoisotopic (exact) mass is 964 g/mol. The van der Waals surface area contributed by atoms with Crippen LogP contribution in [0.4, 0.5) is 0 Å². The lowest BCUT2D eigenvalue weighted by atomic mass is 9.81. The van der Waals surface area contributed by atoms with Gasteiger partial charge in [0.15, 0.2) is 0 Å². The molecule has 0 amide bonds. The van der Waals surface area contributed by atoms with Gasteiger partial charge in [-0.3, -0.25) is 0 Å². The maximum atomic E-state index is 2.42. The zero-order chi connectivity index (χ0) is 50.1. The van der Waals surface area contributed by atoms with Crippen LogP contribution in [0.2, 0.25) is 0 Å². The second kappa shape index (κ2) is 17.9. The first-order chi connectivity index (χ1) is 37.7. The van der Waals surface area contributed by atoms with E-state index in [4.69, 9.17) is 0 Å². The molecule has 15 aromatic rings. The lowest BCUT2D eigenvalue weighted by molar-refractivity contribution is 1.18. The van der Waals surface area contributed by atoms with Crippen molar-refractivity contribution in [3.63, 3.8) is 0 Å². The molecule has 0 aliphatic carbocycles. The van der Waals surface area contributed by atoms with Crippen LogP contribution in [0.25, 0.3) is 143 Å². The molecule has 0 radical (unpaired) electrons. The van der Waals surface area contributed by atoms with Gasteiger partial charge >= 0.3 is 0 Å². The van der Waals surface area contributed by atoms with Crippen LogP contribution in [0, 0.1) is 0 Å². The smallest absolute Gasteiger partial charge is 0.0541 e. The van der Waals surface area contributed by atoms with E-state index in [0.717, 1.165) is 11.4 Å². The van der Waals surface area contributed by atoms with E-state index < -0.39 is 0 Å². The average Bonchev–Trinajstić information content (AvgIpc) is 4.12. The highest BCUT2D eigenvalue weighted by Crippen LogP contribution is 2.50. The summed E-state index contributed by atoms with van der Waals surface area (Å²) in [6.07, 6.45) is 0. The van der Waals surface area contributed by atoms with Gasteiger partial charge in [0, 0.05) is 32.9 Å². The molecule has 2 aromatic heterocycles.